The summed E-state index contributed by atoms with van der Waals surface area (Å²) in [5.41, 5.74) is 12.2. The van der Waals surface area contributed by atoms with Crippen LogP contribution >= 0.6 is 0 Å². The van der Waals surface area contributed by atoms with E-state index in [1.807, 2.05) is 24.4 Å². The fourth-order valence-corrected chi connectivity index (χ4v) is 6.98. The van der Waals surface area contributed by atoms with Gasteiger partial charge in [-0.25, -0.2) is 0 Å². The number of para-hydroxylation sites is 2. The van der Waals surface area contributed by atoms with Gasteiger partial charge in [-0.3, -0.25) is 4.98 Å². The summed E-state index contributed by atoms with van der Waals surface area (Å²) in [7, 11) is 0. The molecule has 9 rings (SSSR count). The Hall–Kier alpha value is -6.45. The lowest BCUT2D eigenvalue weighted by molar-refractivity contribution is 0.485. The number of benzene rings is 7. The van der Waals surface area contributed by atoms with Crippen molar-refractivity contribution in [3.63, 3.8) is 0 Å². The second-order valence-corrected chi connectivity index (χ2v) is 12.0. The number of aromatic nitrogens is 1. The van der Waals surface area contributed by atoms with Gasteiger partial charge in [0.2, 0.25) is 0 Å². The predicted molar refractivity (Wildman–Crippen MR) is 198 cm³/mol. The number of hydrogen-bond acceptors (Lipinski definition) is 3. The molecule has 48 heavy (non-hydrogen) atoms. The summed E-state index contributed by atoms with van der Waals surface area (Å²) >= 11 is 0. The Balaban J connectivity index is 1.34. The summed E-state index contributed by atoms with van der Waals surface area (Å²) in [6, 6.07) is 60.1. The third-order valence-corrected chi connectivity index (χ3v) is 9.19. The van der Waals surface area contributed by atoms with Gasteiger partial charge in [0.05, 0.1) is 11.4 Å². The van der Waals surface area contributed by atoms with E-state index >= 15 is 0 Å². The Kier molecular flexibility index (Phi) is 6.80. The number of fused-ring (bicyclic) bond motifs is 4. The van der Waals surface area contributed by atoms with Crippen molar-refractivity contribution in [2.24, 2.45) is 0 Å². The van der Waals surface area contributed by atoms with Crippen molar-refractivity contribution < 1.29 is 4.74 Å². The molecule has 1 aliphatic rings. The third-order valence-electron chi connectivity index (χ3n) is 9.19. The second kappa shape index (κ2) is 11.7. The molecule has 0 aliphatic carbocycles. The number of nitrogens with zero attached hydrogens (tertiary/aromatic N) is 2. The Morgan fingerprint density at radius 3 is 1.83 bits per heavy atom. The molecule has 7 aromatic carbocycles. The molecule has 0 radical (unpaired) electrons. The Bertz CT molecular complexity index is 2370. The molecule has 0 fully saturated rings. The molecule has 0 spiro atoms. The maximum Gasteiger partial charge on any atom is 0.138 e. The molecule has 0 N–H and O–H groups in total. The molecule has 0 atom stereocenters. The summed E-state index contributed by atoms with van der Waals surface area (Å²) in [6.07, 6.45) is 3.71. The van der Waals surface area contributed by atoms with Crippen molar-refractivity contribution in [3.8, 4) is 56.0 Å². The lowest BCUT2D eigenvalue weighted by atomic mass is 9.89. The molecular weight excluding hydrogens is 585 g/mol. The summed E-state index contributed by atoms with van der Waals surface area (Å²) in [4.78, 5) is 6.93. The van der Waals surface area contributed by atoms with Gasteiger partial charge in [-0.2, -0.15) is 0 Å². The molecule has 0 unspecified atom stereocenters. The zero-order chi connectivity index (χ0) is 31.9. The Morgan fingerprint density at radius 1 is 0.396 bits per heavy atom. The molecule has 0 saturated heterocycles. The van der Waals surface area contributed by atoms with Crippen LogP contribution in [0.3, 0.4) is 0 Å². The van der Waals surface area contributed by atoms with Crippen LogP contribution < -0.4 is 9.64 Å². The molecule has 0 saturated carbocycles. The molecular formula is C45H30N2O. The lowest BCUT2D eigenvalue weighted by Gasteiger charge is -2.30. The summed E-state index contributed by atoms with van der Waals surface area (Å²) in [6.45, 7) is 0. The van der Waals surface area contributed by atoms with Crippen LogP contribution in [0.4, 0.5) is 17.1 Å². The smallest absolute Gasteiger partial charge is 0.138 e. The minimum atomic E-state index is 0.795. The largest absolute Gasteiger partial charge is 0.456 e. The topological polar surface area (TPSA) is 25.4 Å². The van der Waals surface area contributed by atoms with Crippen LogP contribution in [-0.4, -0.2) is 4.98 Å². The van der Waals surface area contributed by atoms with E-state index < -0.39 is 0 Å². The number of hydrogen-bond donors (Lipinski definition) is 0. The van der Waals surface area contributed by atoms with Crippen molar-refractivity contribution in [1.82, 2.24) is 4.98 Å². The van der Waals surface area contributed by atoms with E-state index in [1.165, 1.54) is 22.1 Å². The van der Waals surface area contributed by atoms with Gasteiger partial charge in [-0.1, -0.05) is 133 Å². The van der Waals surface area contributed by atoms with Crippen LogP contribution in [-0.2, 0) is 0 Å². The molecule has 0 bridgehead atoms. The van der Waals surface area contributed by atoms with E-state index in [0.29, 0.717) is 0 Å². The highest BCUT2D eigenvalue weighted by molar-refractivity contribution is 6.14. The monoisotopic (exact) mass is 614 g/mol. The number of anilines is 3. The van der Waals surface area contributed by atoms with Gasteiger partial charge in [0, 0.05) is 40.2 Å². The van der Waals surface area contributed by atoms with Gasteiger partial charge < -0.3 is 9.64 Å². The molecule has 3 nitrogen and oxygen atoms in total. The lowest BCUT2D eigenvalue weighted by Crippen LogP contribution is -2.12. The van der Waals surface area contributed by atoms with Gasteiger partial charge >= 0.3 is 0 Å². The highest BCUT2D eigenvalue weighted by atomic mass is 16.5. The summed E-state index contributed by atoms with van der Waals surface area (Å²) < 4.78 is 6.55. The van der Waals surface area contributed by atoms with Crippen LogP contribution in [0.15, 0.2) is 182 Å². The fourth-order valence-electron chi connectivity index (χ4n) is 6.98. The highest BCUT2D eigenvalue weighted by Crippen LogP contribution is 2.51. The minimum Gasteiger partial charge on any atom is -0.456 e. The zero-order valence-corrected chi connectivity index (χ0v) is 26.1. The zero-order valence-electron chi connectivity index (χ0n) is 26.1. The van der Waals surface area contributed by atoms with E-state index in [4.69, 9.17) is 4.74 Å². The molecule has 1 aromatic heterocycles. The van der Waals surface area contributed by atoms with Crippen LogP contribution in [0.25, 0.3) is 55.3 Å². The maximum absolute atomic E-state index is 6.55. The number of rotatable bonds is 5. The first-order valence-electron chi connectivity index (χ1n) is 16.2. The quantitative estimate of drug-likeness (QED) is 0.193. The van der Waals surface area contributed by atoms with Crippen molar-refractivity contribution in [1.29, 1.82) is 0 Å². The van der Waals surface area contributed by atoms with Gasteiger partial charge in [-0.05, 0) is 69.6 Å². The van der Waals surface area contributed by atoms with Crippen molar-refractivity contribution in [2.75, 3.05) is 4.90 Å². The molecule has 0 amide bonds. The standard InChI is InChI=1S/C45H30N2O/c1-3-12-31(13-4-1)32-22-24-34(25-23-32)47(41-20-9-7-16-35(41)33-14-5-2-6-15-33)42-27-26-38-40-30-46-29-28-44(40)48-43-21-10-8-17-36(43)37-18-11-19-39(42)45(37)38/h1-30H. The highest BCUT2D eigenvalue weighted by Gasteiger charge is 2.25. The van der Waals surface area contributed by atoms with Gasteiger partial charge in [0.15, 0.2) is 0 Å². The normalized spacial score (nSPS) is 11.5. The fraction of sp³-hybridized carbons (Fsp3) is 0. The van der Waals surface area contributed by atoms with Crippen LogP contribution in [0, 0.1) is 0 Å². The van der Waals surface area contributed by atoms with Crippen molar-refractivity contribution in [2.45, 2.75) is 0 Å². The Morgan fingerprint density at radius 2 is 1.02 bits per heavy atom. The van der Waals surface area contributed by atoms with Crippen LogP contribution in [0.1, 0.15) is 0 Å². The third kappa shape index (κ3) is 4.72. The number of ether oxygens (including phenoxy) is 1. The molecule has 3 heteroatoms. The van der Waals surface area contributed by atoms with E-state index in [-0.39, 0.29) is 0 Å². The maximum atomic E-state index is 6.55. The SMILES string of the molecule is c1ccc(-c2ccc(N(c3ccccc3-c3ccccc3)c3ccc4c5c(cccc35)-c3ccccc3Oc3ccncc3-4)cc2)cc1. The van der Waals surface area contributed by atoms with Crippen LogP contribution in [0.5, 0.6) is 11.5 Å². The average Bonchev–Trinajstić information content (AvgIpc) is 3.16. The van der Waals surface area contributed by atoms with Gasteiger partial charge in [-0.15, -0.1) is 0 Å². The second-order valence-electron chi connectivity index (χ2n) is 12.0. The summed E-state index contributed by atoms with van der Waals surface area (Å²) in [5.74, 6) is 1.63. The van der Waals surface area contributed by atoms with Gasteiger partial charge in [0.25, 0.3) is 0 Å². The van der Waals surface area contributed by atoms with Crippen molar-refractivity contribution in [3.05, 3.63) is 182 Å². The molecule has 2 heterocycles. The first kappa shape index (κ1) is 27.8. The van der Waals surface area contributed by atoms with E-state index in [0.717, 1.165) is 61.8 Å². The molecule has 226 valence electrons. The average molecular weight is 615 g/mol. The Labute approximate surface area is 280 Å². The molecule has 1 aliphatic heterocycles. The minimum absolute atomic E-state index is 0.795. The van der Waals surface area contributed by atoms with E-state index in [1.54, 1.807) is 6.20 Å². The van der Waals surface area contributed by atoms with Crippen molar-refractivity contribution >= 4 is 27.8 Å². The van der Waals surface area contributed by atoms with E-state index in [9.17, 15) is 0 Å². The predicted octanol–water partition coefficient (Wildman–Crippen LogP) is 12.5. The van der Waals surface area contributed by atoms with Crippen LogP contribution in [0.2, 0.25) is 0 Å². The summed E-state index contributed by atoms with van der Waals surface area (Å²) in [5, 5.41) is 2.31. The first-order valence-corrected chi connectivity index (χ1v) is 16.2. The molecule has 8 aromatic rings. The first-order chi connectivity index (χ1) is 23.8. The number of pyridine rings is 1. The van der Waals surface area contributed by atoms with Gasteiger partial charge in [0.1, 0.15) is 11.5 Å². The van der Waals surface area contributed by atoms with E-state index in [2.05, 4.69) is 162 Å².